The minimum Gasteiger partial charge on any atom is -0.465 e. The second-order valence-corrected chi connectivity index (χ2v) is 6.06. The molecule has 0 bridgehead atoms. The van der Waals surface area contributed by atoms with Gasteiger partial charge in [-0.05, 0) is 24.7 Å². The monoisotopic (exact) mass is 363 g/mol. The van der Waals surface area contributed by atoms with Crippen LogP contribution in [-0.4, -0.2) is 53.7 Å². The van der Waals surface area contributed by atoms with Crippen LogP contribution < -0.4 is 5.32 Å². The summed E-state index contributed by atoms with van der Waals surface area (Å²) in [5.74, 6) is -1.45. The molecule has 1 aliphatic carbocycles. The Morgan fingerprint density at radius 1 is 1.44 bits per heavy atom. The summed E-state index contributed by atoms with van der Waals surface area (Å²) in [7, 11) is 1.29. The summed E-state index contributed by atoms with van der Waals surface area (Å²) in [6.07, 6.45) is 6.74. The molecule has 0 aromatic rings. The van der Waals surface area contributed by atoms with Gasteiger partial charge in [-0.25, -0.2) is 9.79 Å². The number of carbonyl (C=O) groups excluding carboxylic acids is 3. The van der Waals surface area contributed by atoms with Crippen LogP contribution in [0.15, 0.2) is 28.8 Å². The number of nitrogens with zero attached hydrogens (tertiary/aromatic N) is 2. The van der Waals surface area contributed by atoms with Gasteiger partial charge in [0.1, 0.15) is 0 Å². The van der Waals surface area contributed by atoms with Crippen LogP contribution in [0.25, 0.3) is 0 Å². The van der Waals surface area contributed by atoms with E-state index in [-0.39, 0.29) is 29.9 Å². The highest BCUT2D eigenvalue weighted by Gasteiger charge is 2.35. The molecule has 1 aliphatic heterocycles. The number of rotatable bonds is 7. The molecule has 0 saturated heterocycles. The Bertz CT molecular complexity index is 681. The number of carbonyl (C=O) groups is 3. The fourth-order valence-corrected chi connectivity index (χ4v) is 2.78. The standard InChI is InChI=1S/C17H21N3O4S/c1-3-4-8-18-14(21)7-9-20-15(22)12-6-5-11(16(23)24-2)10-13(12)19-17(20)25/h5-6,10,12H,3-4,7-9H2,1-2H3,(H,18,21). The van der Waals surface area contributed by atoms with Crippen molar-refractivity contribution in [1.29, 1.82) is 0 Å². The third kappa shape index (κ3) is 4.60. The molecule has 1 heterocycles. The van der Waals surface area contributed by atoms with Crippen LogP contribution in [0.4, 0.5) is 0 Å². The topological polar surface area (TPSA) is 88.1 Å². The minimum atomic E-state index is -0.594. The Kier molecular flexibility index (Phi) is 6.58. The molecule has 2 amide bonds. The average molecular weight is 363 g/mol. The molecule has 25 heavy (non-hydrogen) atoms. The highest BCUT2D eigenvalue weighted by Crippen LogP contribution is 2.23. The smallest absolute Gasteiger partial charge is 0.337 e. The van der Waals surface area contributed by atoms with Gasteiger partial charge in [-0.1, -0.05) is 25.5 Å². The van der Waals surface area contributed by atoms with Crippen molar-refractivity contribution in [3.05, 3.63) is 23.8 Å². The average Bonchev–Trinajstić information content (AvgIpc) is 2.60. The van der Waals surface area contributed by atoms with Crippen molar-refractivity contribution in [2.45, 2.75) is 26.2 Å². The SMILES string of the molecule is CCCCNC(=O)CCN1C(=O)C2C=CC(C(=O)OC)=CC2=NC1=S. The number of allylic oxidation sites excluding steroid dienone is 1. The predicted octanol–water partition coefficient (Wildman–Crippen LogP) is 1.15. The Hall–Kier alpha value is -2.35. The van der Waals surface area contributed by atoms with Crippen molar-refractivity contribution in [3.63, 3.8) is 0 Å². The van der Waals surface area contributed by atoms with Crippen molar-refractivity contribution in [3.8, 4) is 0 Å². The Morgan fingerprint density at radius 3 is 2.88 bits per heavy atom. The molecule has 0 radical (unpaired) electrons. The summed E-state index contributed by atoms with van der Waals surface area (Å²) < 4.78 is 4.66. The van der Waals surface area contributed by atoms with E-state index in [1.54, 1.807) is 6.08 Å². The van der Waals surface area contributed by atoms with Crippen LogP contribution in [0.5, 0.6) is 0 Å². The summed E-state index contributed by atoms with van der Waals surface area (Å²) in [6, 6.07) is 0. The van der Waals surface area contributed by atoms with E-state index < -0.39 is 11.9 Å². The van der Waals surface area contributed by atoms with Crippen LogP contribution in [0, 0.1) is 5.92 Å². The number of amides is 2. The lowest BCUT2D eigenvalue weighted by Crippen LogP contribution is -2.47. The van der Waals surface area contributed by atoms with Crippen molar-refractivity contribution < 1.29 is 19.1 Å². The van der Waals surface area contributed by atoms with Crippen LogP contribution in [0.3, 0.4) is 0 Å². The summed E-state index contributed by atoms with van der Waals surface area (Å²) in [5.41, 5.74) is 0.735. The molecule has 1 unspecified atom stereocenters. The normalized spacial score (nSPS) is 19.1. The highest BCUT2D eigenvalue weighted by atomic mass is 32.1. The van der Waals surface area contributed by atoms with Crippen LogP contribution in [0.2, 0.25) is 0 Å². The molecule has 0 fully saturated rings. The number of unbranched alkanes of at least 4 members (excludes halogenated alkanes) is 1. The summed E-state index contributed by atoms with van der Waals surface area (Å²) >= 11 is 5.18. The number of methoxy groups -OCH3 is 1. The van der Waals surface area contributed by atoms with E-state index >= 15 is 0 Å². The molecule has 2 aliphatic rings. The molecule has 8 heteroatoms. The molecule has 0 spiro atoms. The van der Waals surface area contributed by atoms with Crippen molar-refractivity contribution in [1.82, 2.24) is 10.2 Å². The number of hydrogen-bond donors (Lipinski definition) is 1. The number of fused-ring (bicyclic) bond motifs is 1. The van der Waals surface area contributed by atoms with E-state index in [0.29, 0.717) is 17.8 Å². The van der Waals surface area contributed by atoms with E-state index in [4.69, 9.17) is 12.2 Å². The second kappa shape index (κ2) is 8.66. The van der Waals surface area contributed by atoms with Crippen LogP contribution in [0.1, 0.15) is 26.2 Å². The first-order valence-electron chi connectivity index (χ1n) is 8.16. The lowest BCUT2D eigenvalue weighted by molar-refractivity contribution is -0.136. The molecule has 7 nitrogen and oxygen atoms in total. The largest absolute Gasteiger partial charge is 0.465 e. The maximum absolute atomic E-state index is 12.6. The first-order chi connectivity index (χ1) is 12.0. The first-order valence-corrected chi connectivity index (χ1v) is 8.57. The molecule has 1 N–H and O–H groups in total. The Labute approximate surface area is 151 Å². The zero-order chi connectivity index (χ0) is 18.4. The molecule has 134 valence electrons. The van der Waals surface area contributed by atoms with Gasteiger partial charge in [0.25, 0.3) is 0 Å². The maximum atomic E-state index is 12.6. The number of thiocarbonyl (C=S) groups is 1. The molecular formula is C17H21N3O4S. The number of nitrogens with one attached hydrogen (secondary N) is 1. The van der Waals surface area contributed by atoms with E-state index in [9.17, 15) is 14.4 Å². The summed E-state index contributed by atoms with van der Waals surface area (Å²) in [5, 5.41) is 2.91. The fourth-order valence-electron chi connectivity index (χ4n) is 2.50. The zero-order valence-corrected chi connectivity index (χ0v) is 15.1. The van der Waals surface area contributed by atoms with Crippen LogP contribution in [-0.2, 0) is 19.1 Å². The lowest BCUT2D eigenvalue weighted by atomic mass is 9.92. The highest BCUT2D eigenvalue weighted by molar-refractivity contribution is 7.80. The zero-order valence-electron chi connectivity index (χ0n) is 14.3. The number of hydrogen-bond acceptors (Lipinski definition) is 5. The number of esters is 1. The molecule has 0 aromatic heterocycles. The van der Waals surface area contributed by atoms with Crippen molar-refractivity contribution in [2.24, 2.45) is 10.9 Å². The van der Waals surface area contributed by atoms with Crippen LogP contribution >= 0.6 is 12.2 Å². The number of ether oxygens (including phenoxy) is 1. The third-order valence-corrected chi connectivity index (χ3v) is 4.23. The quantitative estimate of drug-likeness (QED) is 0.416. The van der Waals surface area contributed by atoms with Gasteiger partial charge in [0.15, 0.2) is 0 Å². The van der Waals surface area contributed by atoms with E-state index in [1.807, 2.05) is 6.92 Å². The van der Waals surface area contributed by atoms with Gasteiger partial charge >= 0.3 is 5.97 Å². The van der Waals surface area contributed by atoms with E-state index in [2.05, 4.69) is 15.0 Å². The fraction of sp³-hybridized carbons (Fsp3) is 0.471. The molecule has 0 aromatic carbocycles. The van der Waals surface area contributed by atoms with Gasteiger partial charge < -0.3 is 10.1 Å². The lowest BCUT2D eigenvalue weighted by Gasteiger charge is -2.30. The Morgan fingerprint density at radius 2 is 2.20 bits per heavy atom. The van der Waals surface area contributed by atoms with Gasteiger partial charge in [-0.3, -0.25) is 14.5 Å². The predicted molar refractivity (Wildman–Crippen MR) is 97.0 cm³/mol. The Balaban J connectivity index is 2.02. The van der Waals surface area contributed by atoms with E-state index in [0.717, 1.165) is 12.8 Å². The molecule has 0 saturated carbocycles. The molecule has 2 rings (SSSR count). The van der Waals surface area contributed by atoms with Crippen molar-refractivity contribution >= 4 is 40.8 Å². The summed E-state index contributed by atoms with van der Waals surface area (Å²) in [6.45, 7) is 2.86. The van der Waals surface area contributed by atoms with E-state index in [1.165, 1.54) is 24.2 Å². The maximum Gasteiger partial charge on any atom is 0.337 e. The van der Waals surface area contributed by atoms with Gasteiger partial charge in [0.05, 0.1) is 24.3 Å². The summed E-state index contributed by atoms with van der Waals surface area (Å²) in [4.78, 5) is 41.6. The molecule has 1 atom stereocenters. The van der Waals surface area contributed by atoms with Crippen molar-refractivity contribution in [2.75, 3.05) is 20.2 Å². The van der Waals surface area contributed by atoms with Gasteiger partial charge in [0.2, 0.25) is 16.9 Å². The minimum absolute atomic E-state index is 0.105. The van der Waals surface area contributed by atoms with Gasteiger partial charge in [-0.2, -0.15) is 0 Å². The molecular weight excluding hydrogens is 342 g/mol. The van der Waals surface area contributed by atoms with Gasteiger partial charge in [-0.15, -0.1) is 0 Å². The second-order valence-electron chi connectivity index (χ2n) is 5.69. The van der Waals surface area contributed by atoms with Gasteiger partial charge in [0, 0.05) is 19.5 Å². The first kappa shape index (κ1) is 19.0. The number of aliphatic imine (C=N–C) groups is 1. The third-order valence-electron chi connectivity index (χ3n) is 3.91.